The summed E-state index contributed by atoms with van der Waals surface area (Å²) < 4.78 is 17.8. The van der Waals surface area contributed by atoms with Gasteiger partial charge in [0, 0.05) is 0 Å². The van der Waals surface area contributed by atoms with Gasteiger partial charge in [0.25, 0.3) is 0 Å². The second-order valence-electron chi connectivity index (χ2n) is 4.11. The van der Waals surface area contributed by atoms with Gasteiger partial charge in [-0.15, -0.1) is 0 Å². The molecule has 2 nitrogen and oxygen atoms in total. The zero-order chi connectivity index (χ0) is 12.0. The van der Waals surface area contributed by atoms with Crippen molar-refractivity contribution in [2.75, 3.05) is 6.67 Å². The SMILES string of the molecule is CCC(C)(CF)C(=O)OCc1ccccc1. The van der Waals surface area contributed by atoms with Gasteiger partial charge in [-0.3, -0.25) is 4.79 Å². The van der Waals surface area contributed by atoms with Crippen LogP contribution in [0.3, 0.4) is 0 Å². The fourth-order valence-corrected chi connectivity index (χ4v) is 1.19. The number of alkyl halides is 1. The molecule has 0 N–H and O–H groups in total. The van der Waals surface area contributed by atoms with Crippen molar-refractivity contribution in [3.63, 3.8) is 0 Å². The van der Waals surface area contributed by atoms with Crippen molar-refractivity contribution in [2.24, 2.45) is 5.41 Å². The van der Waals surface area contributed by atoms with Crippen LogP contribution in [0, 0.1) is 5.41 Å². The Labute approximate surface area is 95.4 Å². The van der Waals surface area contributed by atoms with Crippen LogP contribution in [0.4, 0.5) is 4.39 Å². The molecule has 1 unspecified atom stereocenters. The minimum Gasteiger partial charge on any atom is -0.460 e. The molecule has 0 fully saturated rings. The standard InChI is InChI=1S/C13H17FO2/c1-3-13(2,10-14)12(15)16-9-11-7-5-4-6-8-11/h4-8H,3,9-10H2,1-2H3. The first-order valence-corrected chi connectivity index (χ1v) is 5.39. The van der Waals surface area contributed by atoms with Gasteiger partial charge in [-0.25, -0.2) is 4.39 Å². The molecule has 0 saturated carbocycles. The minimum atomic E-state index is -1.01. The fourth-order valence-electron chi connectivity index (χ4n) is 1.19. The summed E-state index contributed by atoms with van der Waals surface area (Å²) in [6.45, 7) is 2.88. The first-order valence-electron chi connectivity index (χ1n) is 5.39. The van der Waals surface area contributed by atoms with E-state index in [0.717, 1.165) is 5.56 Å². The van der Waals surface area contributed by atoms with Crippen LogP contribution in [0.1, 0.15) is 25.8 Å². The van der Waals surface area contributed by atoms with E-state index in [4.69, 9.17) is 4.74 Å². The monoisotopic (exact) mass is 224 g/mol. The average Bonchev–Trinajstić information content (AvgIpc) is 2.36. The Bertz CT molecular complexity index is 331. The van der Waals surface area contributed by atoms with Crippen molar-refractivity contribution in [3.8, 4) is 0 Å². The van der Waals surface area contributed by atoms with E-state index in [0.29, 0.717) is 6.42 Å². The van der Waals surface area contributed by atoms with E-state index >= 15 is 0 Å². The van der Waals surface area contributed by atoms with E-state index < -0.39 is 18.1 Å². The number of carbonyl (C=O) groups is 1. The third kappa shape index (κ3) is 3.05. The molecule has 0 aliphatic heterocycles. The molecule has 0 spiro atoms. The van der Waals surface area contributed by atoms with Gasteiger partial charge < -0.3 is 4.74 Å². The Kier molecular flexibility index (Phi) is 4.47. The zero-order valence-electron chi connectivity index (χ0n) is 9.70. The Morgan fingerprint density at radius 1 is 1.38 bits per heavy atom. The van der Waals surface area contributed by atoms with Crippen LogP contribution in [0.15, 0.2) is 30.3 Å². The second-order valence-corrected chi connectivity index (χ2v) is 4.11. The number of hydrogen-bond donors (Lipinski definition) is 0. The summed E-state index contributed by atoms with van der Waals surface area (Å²) in [5.74, 6) is -0.471. The van der Waals surface area contributed by atoms with Crippen LogP contribution in [-0.2, 0) is 16.1 Å². The van der Waals surface area contributed by atoms with E-state index in [2.05, 4.69) is 0 Å². The number of hydrogen-bond acceptors (Lipinski definition) is 2. The van der Waals surface area contributed by atoms with E-state index in [1.165, 1.54) is 0 Å². The topological polar surface area (TPSA) is 26.3 Å². The number of rotatable bonds is 5. The van der Waals surface area contributed by atoms with Crippen LogP contribution in [-0.4, -0.2) is 12.6 Å². The van der Waals surface area contributed by atoms with Crippen molar-refractivity contribution in [1.29, 1.82) is 0 Å². The van der Waals surface area contributed by atoms with Crippen molar-refractivity contribution in [1.82, 2.24) is 0 Å². The lowest BCUT2D eigenvalue weighted by Crippen LogP contribution is -2.31. The normalized spacial score (nSPS) is 14.2. The zero-order valence-corrected chi connectivity index (χ0v) is 9.70. The van der Waals surface area contributed by atoms with Gasteiger partial charge >= 0.3 is 5.97 Å². The lowest BCUT2D eigenvalue weighted by atomic mass is 9.89. The van der Waals surface area contributed by atoms with Crippen LogP contribution in [0.2, 0.25) is 0 Å². The molecule has 0 aliphatic carbocycles. The van der Waals surface area contributed by atoms with Crippen LogP contribution >= 0.6 is 0 Å². The first-order chi connectivity index (χ1) is 7.62. The highest BCUT2D eigenvalue weighted by molar-refractivity contribution is 5.76. The largest absolute Gasteiger partial charge is 0.460 e. The molecular weight excluding hydrogens is 207 g/mol. The Morgan fingerprint density at radius 3 is 2.50 bits per heavy atom. The van der Waals surface area contributed by atoms with Crippen molar-refractivity contribution in [2.45, 2.75) is 26.9 Å². The molecule has 1 rings (SSSR count). The van der Waals surface area contributed by atoms with Gasteiger partial charge in [0.15, 0.2) is 0 Å². The van der Waals surface area contributed by atoms with Gasteiger partial charge in [-0.1, -0.05) is 37.3 Å². The summed E-state index contributed by atoms with van der Waals surface area (Å²) in [5.41, 5.74) is -0.0948. The van der Waals surface area contributed by atoms with Gasteiger partial charge in [-0.2, -0.15) is 0 Å². The summed E-state index contributed by atoms with van der Waals surface area (Å²) in [4.78, 5) is 11.6. The quantitative estimate of drug-likeness (QED) is 0.718. The van der Waals surface area contributed by atoms with E-state index in [-0.39, 0.29) is 6.61 Å². The molecule has 16 heavy (non-hydrogen) atoms. The number of carbonyl (C=O) groups excluding carboxylic acids is 1. The third-order valence-corrected chi connectivity index (χ3v) is 2.78. The average molecular weight is 224 g/mol. The Morgan fingerprint density at radius 2 is 2.00 bits per heavy atom. The van der Waals surface area contributed by atoms with Gasteiger partial charge in [0.2, 0.25) is 0 Å². The van der Waals surface area contributed by atoms with E-state index in [1.54, 1.807) is 13.8 Å². The molecule has 1 aromatic carbocycles. The van der Waals surface area contributed by atoms with Crippen LogP contribution < -0.4 is 0 Å². The highest BCUT2D eigenvalue weighted by Gasteiger charge is 2.33. The second kappa shape index (κ2) is 5.64. The van der Waals surface area contributed by atoms with Crippen molar-refractivity contribution >= 4 is 5.97 Å². The number of esters is 1. The molecule has 1 aromatic rings. The molecular formula is C13H17FO2. The molecule has 88 valence electrons. The molecule has 0 radical (unpaired) electrons. The maximum Gasteiger partial charge on any atom is 0.314 e. The maximum absolute atomic E-state index is 12.7. The first kappa shape index (κ1) is 12.7. The molecule has 3 heteroatoms. The summed E-state index contributed by atoms with van der Waals surface area (Å²) in [6, 6.07) is 9.37. The molecule has 0 saturated heterocycles. The molecule has 0 aliphatic rings. The van der Waals surface area contributed by atoms with E-state index in [9.17, 15) is 9.18 Å². The van der Waals surface area contributed by atoms with Gasteiger partial charge in [0.05, 0.1) is 5.41 Å². The molecule has 0 aromatic heterocycles. The summed E-state index contributed by atoms with van der Waals surface area (Å²) in [6.07, 6.45) is 0.442. The number of benzene rings is 1. The van der Waals surface area contributed by atoms with Crippen molar-refractivity contribution in [3.05, 3.63) is 35.9 Å². The number of ether oxygens (including phenoxy) is 1. The molecule has 0 bridgehead atoms. The predicted octanol–water partition coefficient (Wildman–Crippen LogP) is 3.12. The smallest absolute Gasteiger partial charge is 0.314 e. The predicted molar refractivity (Wildman–Crippen MR) is 60.6 cm³/mol. The third-order valence-electron chi connectivity index (χ3n) is 2.78. The summed E-state index contributed by atoms with van der Waals surface area (Å²) in [5, 5.41) is 0. The van der Waals surface area contributed by atoms with Gasteiger partial charge in [0.1, 0.15) is 13.3 Å². The lowest BCUT2D eigenvalue weighted by Gasteiger charge is -2.21. The fraction of sp³-hybridized carbons (Fsp3) is 0.462. The van der Waals surface area contributed by atoms with Gasteiger partial charge in [-0.05, 0) is 18.9 Å². The Balaban J connectivity index is 2.53. The highest BCUT2D eigenvalue weighted by Crippen LogP contribution is 2.24. The highest BCUT2D eigenvalue weighted by atomic mass is 19.1. The van der Waals surface area contributed by atoms with Crippen LogP contribution in [0.5, 0.6) is 0 Å². The lowest BCUT2D eigenvalue weighted by molar-refractivity contribution is -0.157. The summed E-state index contributed by atoms with van der Waals surface area (Å²) in [7, 11) is 0. The summed E-state index contributed by atoms with van der Waals surface area (Å²) >= 11 is 0. The number of halogens is 1. The van der Waals surface area contributed by atoms with Crippen molar-refractivity contribution < 1.29 is 13.9 Å². The van der Waals surface area contributed by atoms with Crippen LogP contribution in [0.25, 0.3) is 0 Å². The van der Waals surface area contributed by atoms with E-state index in [1.807, 2.05) is 30.3 Å². The molecule has 0 amide bonds. The molecule has 0 heterocycles. The maximum atomic E-state index is 12.7. The molecule has 1 atom stereocenters. The Hall–Kier alpha value is -1.38. The minimum absolute atomic E-state index is 0.204.